The van der Waals surface area contributed by atoms with Gasteiger partial charge in [-0.05, 0) is 55.7 Å². The smallest absolute Gasteiger partial charge is 0.270 e. The molecule has 196 valence electrons. The van der Waals surface area contributed by atoms with E-state index in [9.17, 15) is 24.1 Å². The summed E-state index contributed by atoms with van der Waals surface area (Å²) < 4.78 is 13.5. The van der Waals surface area contributed by atoms with Crippen LogP contribution in [0.4, 0.5) is 10.1 Å². The molecular formula is C29H29FN4O4. The molecule has 0 saturated heterocycles. The second kappa shape index (κ2) is 11.7. The summed E-state index contributed by atoms with van der Waals surface area (Å²) in [6.45, 7) is 4.01. The van der Waals surface area contributed by atoms with Crippen molar-refractivity contribution in [1.29, 1.82) is 0 Å². The number of nitro groups is 1. The van der Waals surface area contributed by atoms with Gasteiger partial charge in [0.1, 0.15) is 12.4 Å². The zero-order valence-corrected chi connectivity index (χ0v) is 21.3. The Morgan fingerprint density at radius 3 is 2.47 bits per heavy atom. The first-order valence-corrected chi connectivity index (χ1v) is 12.4. The van der Waals surface area contributed by atoms with Gasteiger partial charge in [0.25, 0.3) is 11.6 Å². The normalized spacial score (nSPS) is 11.1. The molecule has 2 amide bonds. The third-order valence-electron chi connectivity index (χ3n) is 6.46. The molecule has 9 heteroatoms. The van der Waals surface area contributed by atoms with E-state index in [0.717, 1.165) is 22.0 Å². The van der Waals surface area contributed by atoms with Crippen LogP contribution in [-0.4, -0.2) is 50.7 Å². The monoisotopic (exact) mass is 516 g/mol. The summed E-state index contributed by atoms with van der Waals surface area (Å²) >= 11 is 0. The van der Waals surface area contributed by atoms with Gasteiger partial charge in [-0.2, -0.15) is 0 Å². The Kier molecular flexibility index (Phi) is 8.15. The van der Waals surface area contributed by atoms with Gasteiger partial charge in [-0.3, -0.25) is 19.7 Å². The van der Waals surface area contributed by atoms with Crippen LogP contribution < -0.4 is 0 Å². The van der Waals surface area contributed by atoms with Crippen molar-refractivity contribution in [2.24, 2.45) is 0 Å². The largest absolute Gasteiger partial charge is 0.361 e. The van der Waals surface area contributed by atoms with Crippen LogP contribution in [0.25, 0.3) is 10.9 Å². The summed E-state index contributed by atoms with van der Waals surface area (Å²) in [6.07, 6.45) is 2.51. The van der Waals surface area contributed by atoms with E-state index in [2.05, 4.69) is 4.98 Å². The number of carbonyl (C=O) groups is 2. The summed E-state index contributed by atoms with van der Waals surface area (Å²) in [5.74, 6) is -1.10. The topological polar surface area (TPSA) is 99.6 Å². The Bertz CT molecular complexity index is 1450. The quantitative estimate of drug-likeness (QED) is 0.227. The number of halogens is 1. The van der Waals surface area contributed by atoms with Crippen molar-refractivity contribution in [3.63, 3.8) is 0 Å². The molecule has 1 N–H and O–H groups in total. The van der Waals surface area contributed by atoms with Gasteiger partial charge >= 0.3 is 0 Å². The van der Waals surface area contributed by atoms with E-state index in [1.807, 2.05) is 30.5 Å². The Hall–Kier alpha value is -4.53. The summed E-state index contributed by atoms with van der Waals surface area (Å²) in [7, 11) is 0. The first-order valence-electron chi connectivity index (χ1n) is 12.4. The summed E-state index contributed by atoms with van der Waals surface area (Å²) in [4.78, 5) is 43.8. The number of amides is 2. The fourth-order valence-electron chi connectivity index (χ4n) is 4.35. The van der Waals surface area contributed by atoms with Gasteiger partial charge in [0.05, 0.1) is 4.92 Å². The van der Waals surface area contributed by atoms with Crippen LogP contribution in [0.5, 0.6) is 0 Å². The van der Waals surface area contributed by atoms with E-state index in [1.165, 1.54) is 41.3 Å². The van der Waals surface area contributed by atoms with E-state index in [0.29, 0.717) is 13.0 Å². The van der Waals surface area contributed by atoms with E-state index in [1.54, 1.807) is 30.9 Å². The Morgan fingerprint density at radius 1 is 1.03 bits per heavy atom. The summed E-state index contributed by atoms with van der Waals surface area (Å²) in [6, 6.07) is 19.0. The molecule has 0 unspecified atom stereocenters. The first-order chi connectivity index (χ1) is 18.2. The number of nitro benzene ring substituents is 1. The third kappa shape index (κ3) is 6.23. The molecule has 38 heavy (non-hydrogen) atoms. The van der Waals surface area contributed by atoms with Gasteiger partial charge in [0, 0.05) is 53.9 Å². The number of aromatic nitrogens is 1. The number of benzene rings is 3. The molecule has 3 aromatic carbocycles. The highest BCUT2D eigenvalue weighted by Crippen LogP contribution is 2.20. The molecular weight excluding hydrogens is 487 g/mol. The van der Waals surface area contributed by atoms with Gasteiger partial charge in [-0.1, -0.05) is 36.4 Å². The minimum absolute atomic E-state index is 0.143. The van der Waals surface area contributed by atoms with Crippen LogP contribution in [0.1, 0.15) is 35.3 Å². The average Bonchev–Trinajstić information content (AvgIpc) is 3.33. The number of non-ortho nitro benzene ring substituents is 1. The first kappa shape index (κ1) is 26.5. The number of hydrogen-bond acceptors (Lipinski definition) is 4. The number of fused-ring (bicyclic) bond motifs is 1. The Balaban J connectivity index is 1.56. The van der Waals surface area contributed by atoms with Gasteiger partial charge in [0.2, 0.25) is 5.91 Å². The van der Waals surface area contributed by atoms with E-state index < -0.39 is 10.8 Å². The molecule has 0 spiro atoms. The van der Waals surface area contributed by atoms with Crippen molar-refractivity contribution in [1.82, 2.24) is 14.8 Å². The number of H-pyrrole nitrogens is 1. The van der Waals surface area contributed by atoms with Crippen LogP contribution >= 0.6 is 0 Å². The maximum absolute atomic E-state index is 13.6. The lowest BCUT2D eigenvalue weighted by Crippen LogP contribution is -2.46. The maximum Gasteiger partial charge on any atom is 0.270 e. The van der Waals surface area contributed by atoms with Crippen LogP contribution in [0.3, 0.4) is 0 Å². The van der Waals surface area contributed by atoms with Crippen molar-refractivity contribution < 1.29 is 18.9 Å². The van der Waals surface area contributed by atoms with E-state index >= 15 is 0 Å². The highest BCUT2D eigenvalue weighted by molar-refractivity contribution is 5.97. The molecule has 8 nitrogen and oxygen atoms in total. The maximum atomic E-state index is 13.6. The predicted molar refractivity (Wildman–Crippen MR) is 143 cm³/mol. The van der Waals surface area contributed by atoms with Crippen molar-refractivity contribution in [2.45, 2.75) is 32.9 Å². The number of carbonyl (C=O) groups excluding carboxylic acids is 2. The van der Waals surface area contributed by atoms with Gasteiger partial charge < -0.3 is 14.8 Å². The number of nitrogens with zero attached hydrogens (tertiary/aromatic N) is 3. The molecule has 0 aliphatic carbocycles. The molecule has 1 heterocycles. The fraction of sp³-hybridized carbons (Fsp3) is 0.241. The molecule has 4 rings (SSSR count). The lowest BCUT2D eigenvalue weighted by atomic mass is 10.1. The number of rotatable bonds is 10. The number of hydrogen-bond donors (Lipinski definition) is 1. The molecule has 4 aromatic rings. The summed E-state index contributed by atoms with van der Waals surface area (Å²) in [5, 5.41) is 12.3. The third-order valence-corrected chi connectivity index (χ3v) is 6.46. The second-order valence-electron chi connectivity index (χ2n) is 9.39. The van der Waals surface area contributed by atoms with Crippen molar-refractivity contribution in [3.05, 3.63) is 112 Å². The van der Waals surface area contributed by atoms with Gasteiger partial charge in [-0.25, -0.2) is 4.39 Å². The highest BCUT2D eigenvalue weighted by atomic mass is 19.1. The molecule has 0 saturated carbocycles. The standard InChI is InChI=1S/C29H29FN4O4/c1-20(2)33(29(36)22-6-5-7-25(16-22)34(37)38)19-28(35)32(18-21-10-12-24(30)13-11-21)15-14-23-17-31-27-9-4-3-8-26(23)27/h3-13,16-17,20,31H,14-15,18-19H2,1-2H3. The Labute approximate surface area is 219 Å². The molecule has 0 radical (unpaired) electrons. The number of nitrogens with one attached hydrogen (secondary N) is 1. The average molecular weight is 517 g/mol. The lowest BCUT2D eigenvalue weighted by Gasteiger charge is -2.30. The number of aromatic amines is 1. The fourth-order valence-corrected chi connectivity index (χ4v) is 4.35. The van der Waals surface area contributed by atoms with Crippen LogP contribution in [0, 0.1) is 15.9 Å². The lowest BCUT2D eigenvalue weighted by molar-refractivity contribution is -0.384. The second-order valence-corrected chi connectivity index (χ2v) is 9.39. The zero-order chi connectivity index (χ0) is 27.2. The van der Waals surface area contributed by atoms with Crippen LogP contribution in [0.2, 0.25) is 0 Å². The van der Waals surface area contributed by atoms with Crippen LogP contribution in [-0.2, 0) is 17.8 Å². The molecule has 0 atom stereocenters. The molecule has 0 bridgehead atoms. The Morgan fingerprint density at radius 2 is 1.76 bits per heavy atom. The zero-order valence-electron chi connectivity index (χ0n) is 21.3. The van der Waals surface area contributed by atoms with Crippen molar-refractivity contribution in [2.75, 3.05) is 13.1 Å². The van der Waals surface area contributed by atoms with E-state index in [-0.39, 0.29) is 42.1 Å². The van der Waals surface area contributed by atoms with Gasteiger partial charge in [-0.15, -0.1) is 0 Å². The van der Waals surface area contributed by atoms with Crippen LogP contribution in [0.15, 0.2) is 79.0 Å². The van der Waals surface area contributed by atoms with E-state index in [4.69, 9.17) is 0 Å². The van der Waals surface area contributed by atoms with Crippen molar-refractivity contribution in [3.8, 4) is 0 Å². The molecule has 0 aliphatic rings. The highest BCUT2D eigenvalue weighted by Gasteiger charge is 2.26. The molecule has 0 fully saturated rings. The minimum Gasteiger partial charge on any atom is -0.361 e. The van der Waals surface area contributed by atoms with Crippen molar-refractivity contribution >= 4 is 28.4 Å². The van der Waals surface area contributed by atoms with Gasteiger partial charge in [0.15, 0.2) is 0 Å². The SMILES string of the molecule is CC(C)N(CC(=O)N(CCc1c[nH]c2ccccc12)Cc1ccc(F)cc1)C(=O)c1cccc([N+](=O)[O-])c1. The number of para-hydroxylation sites is 1. The molecule has 1 aromatic heterocycles. The minimum atomic E-state index is -0.559. The molecule has 0 aliphatic heterocycles. The predicted octanol–water partition coefficient (Wildman–Crippen LogP) is 5.34. The summed E-state index contributed by atoms with van der Waals surface area (Å²) in [5.41, 5.74) is 2.78.